The van der Waals surface area contributed by atoms with Crippen molar-refractivity contribution < 1.29 is 48.0 Å². The van der Waals surface area contributed by atoms with E-state index in [4.69, 9.17) is 23.7 Å². The predicted molar refractivity (Wildman–Crippen MR) is 123 cm³/mol. The fraction of sp³-hybridized carbons (Fsp3) is 0.692. The average molecular weight is 507 g/mol. The molecule has 9 atom stereocenters. The maximum absolute atomic E-state index is 12.9. The summed E-state index contributed by atoms with van der Waals surface area (Å²) >= 11 is 0. The fourth-order valence-electron chi connectivity index (χ4n) is 6.77. The van der Waals surface area contributed by atoms with Gasteiger partial charge in [-0.15, -0.1) is 0 Å². The molecule has 10 heteroatoms. The zero-order valence-electron chi connectivity index (χ0n) is 21.3. The third-order valence-electron chi connectivity index (χ3n) is 8.47. The molecule has 0 aromatic carbocycles. The first kappa shape index (κ1) is 26.3. The van der Waals surface area contributed by atoms with Gasteiger partial charge in [0.25, 0.3) is 0 Å². The van der Waals surface area contributed by atoms with Crippen molar-refractivity contribution in [1.82, 2.24) is 0 Å². The molecule has 4 aliphatic rings. The highest BCUT2D eigenvalue weighted by Crippen LogP contribution is 2.61. The van der Waals surface area contributed by atoms with Gasteiger partial charge in [-0.25, -0.2) is 0 Å². The van der Waals surface area contributed by atoms with Gasteiger partial charge in [0.05, 0.1) is 11.3 Å². The average Bonchev–Trinajstić information content (AvgIpc) is 2.98. The lowest BCUT2D eigenvalue weighted by Gasteiger charge is -2.61. The summed E-state index contributed by atoms with van der Waals surface area (Å²) in [5, 5.41) is 11.8. The summed E-state index contributed by atoms with van der Waals surface area (Å²) in [5.74, 6) is -6.12. The topological polar surface area (TPSA) is 135 Å². The van der Waals surface area contributed by atoms with Crippen LogP contribution in [0.3, 0.4) is 0 Å². The molecule has 3 aliphatic heterocycles. The highest BCUT2D eigenvalue weighted by atomic mass is 16.7. The minimum atomic E-state index is -2.05. The van der Waals surface area contributed by atoms with Crippen molar-refractivity contribution in [2.24, 2.45) is 17.3 Å². The van der Waals surface area contributed by atoms with Crippen molar-refractivity contribution in [3.05, 3.63) is 24.3 Å². The Morgan fingerprint density at radius 2 is 1.61 bits per heavy atom. The van der Waals surface area contributed by atoms with Gasteiger partial charge in [0.2, 0.25) is 0 Å². The standard InChI is InChI=1S/C26H34O10/c1-12-8-9-18(32-15(4)27)24(7)20(33-16(5)28)11-25(31)13(2)10-19-26(36-25,14(3)23(30)35-19)22(21(12)24)34-17(6)29/h14,18-22,31H,1-2,8-11H2,3-7H3/t14-,18-,19-,20+,21+,22+,24+,25+,26-/m0/s1. The fourth-order valence-corrected chi connectivity index (χ4v) is 6.77. The molecule has 0 radical (unpaired) electrons. The van der Waals surface area contributed by atoms with Gasteiger partial charge in [0, 0.05) is 39.5 Å². The first-order valence-electron chi connectivity index (χ1n) is 12.2. The summed E-state index contributed by atoms with van der Waals surface area (Å²) in [6.45, 7) is 15.4. The molecule has 4 rings (SSSR count). The van der Waals surface area contributed by atoms with Gasteiger partial charge in [0.15, 0.2) is 11.4 Å². The van der Waals surface area contributed by atoms with E-state index in [0.29, 0.717) is 18.4 Å². The molecule has 3 heterocycles. The first-order valence-corrected chi connectivity index (χ1v) is 12.2. The van der Waals surface area contributed by atoms with Gasteiger partial charge in [-0.1, -0.05) is 25.7 Å². The molecule has 4 fully saturated rings. The van der Waals surface area contributed by atoms with Crippen LogP contribution in [0.15, 0.2) is 24.3 Å². The minimum Gasteiger partial charge on any atom is -0.462 e. The largest absolute Gasteiger partial charge is 0.462 e. The number of carbonyl (C=O) groups excluding carboxylic acids is 4. The molecule has 0 unspecified atom stereocenters. The zero-order chi connectivity index (χ0) is 26.8. The third kappa shape index (κ3) is 3.76. The third-order valence-corrected chi connectivity index (χ3v) is 8.47. The second-order valence-corrected chi connectivity index (χ2v) is 10.7. The van der Waals surface area contributed by atoms with Crippen molar-refractivity contribution >= 4 is 23.9 Å². The second-order valence-electron chi connectivity index (χ2n) is 10.7. The summed E-state index contributed by atoms with van der Waals surface area (Å²) in [5.41, 5.74) is -1.93. The van der Waals surface area contributed by atoms with Crippen LogP contribution >= 0.6 is 0 Å². The quantitative estimate of drug-likeness (QED) is 0.344. The van der Waals surface area contributed by atoms with Crippen LogP contribution in [0.4, 0.5) is 0 Å². The number of carbonyl (C=O) groups is 4. The van der Waals surface area contributed by atoms with Gasteiger partial charge in [-0.3, -0.25) is 19.2 Å². The predicted octanol–water partition coefficient (Wildman–Crippen LogP) is 2.12. The Balaban J connectivity index is 2.03. The molecule has 1 N–H and O–H groups in total. The normalized spacial score (nSPS) is 43.8. The van der Waals surface area contributed by atoms with Crippen LogP contribution < -0.4 is 0 Å². The van der Waals surface area contributed by atoms with Crippen LogP contribution in [0.1, 0.15) is 60.3 Å². The zero-order valence-corrected chi connectivity index (χ0v) is 21.3. The molecule has 0 aromatic rings. The number of hydrogen-bond donors (Lipinski definition) is 1. The van der Waals surface area contributed by atoms with Crippen LogP contribution in [-0.4, -0.2) is 64.8 Å². The van der Waals surface area contributed by atoms with E-state index < -0.39 is 76.9 Å². The summed E-state index contributed by atoms with van der Waals surface area (Å²) in [6, 6.07) is 0. The van der Waals surface area contributed by atoms with Gasteiger partial charge in [-0.2, -0.15) is 0 Å². The Bertz CT molecular complexity index is 1030. The van der Waals surface area contributed by atoms with Gasteiger partial charge < -0.3 is 28.8 Å². The van der Waals surface area contributed by atoms with E-state index in [1.807, 2.05) is 0 Å². The number of esters is 4. The molecule has 2 bridgehead atoms. The minimum absolute atomic E-state index is 0.0560. The molecule has 3 saturated heterocycles. The molecule has 198 valence electrons. The number of rotatable bonds is 3. The smallest absolute Gasteiger partial charge is 0.312 e. The van der Waals surface area contributed by atoms with Crippen LogP contribution in [-0.2, 0) is 42.9 Å². The van der Waals surface area contributed by atoms with Crippen LogP contribution in [0.25, 0.3) is 0 Å². The van der Waals surface area contributed by atoms with Crippen LogP contribution in [0.5, 0.6) is 0 Å². The van der Waals surface area contributed by atoms with E-state index in [1.165, 1.54) is 20.8 Å². The summed E-state index contributed by atoms with van der Waals surface area (Å²) < 4.78 is 29.6. The molecule has 1 saturated carbocycles. The molecule has 1 spiro atoms. The molecule has 36 heavy (non-hydrogen) atoms. The summed E-state index contributed by atoms with van der Waals surface area (Å²) in [4.78, 5) is 49.8. The number of ether oxygens (including phenoxy) is 5. The highest BCUT2D eigenvalue weighted by Gasteiger charge is 2.74. The van der Waals surface area contributed by atoms with E-state index in [9.17, 15) is 24.3 Å². The highest BCUT2D eigenvalue weighted by molar-refractivity contribution is 5.78. The lowest BCUT2D eigenvalue weighted by molar-refractivity contribution is -0.345. The van der Waals surface area contributed by atoms with Crippen LogP contribution in [0.2, 0.25) is 0 Å². The maximum Gasteiger partial charge on any atom is 0.312 e. The molecular formula is C26H34O10. The van der Waals surface area contributed by atoms with Crippen molar-refractivity contribution in [1.29, 1.82) is 0 Å². The van der Waals surface area contributed by atoms with Gasteiger partial charge >= 0.3 is 23.9 Å². The molecule has 0 amide bonds. The monoisotopic (exact) mass is 506 g/mol. The van der Waals surface area contributed by atoms with Crippen molar-refractivity contribution in [3.8, 4) is 0 Å². The van der Waals surface area contributed by atoms with Crippen LogP contribution in [0, 0.1) is 17.3 Å². The molecule has 10 nitrogen and oxygen atoms in total. The van der Waals surface area contributed by atoms with E-state index >= 15 is 0 Å². The van der Waals surface area contributed by atoms with Crippen molar-refractivity contribution in [2.45, 2.75) is 96.1 Å². The number of aliphatic hydroxyl groups is 1. The van der Waals surface area contributed by atoms with E-state index in [0.717, 1.165) is 0 Å². The van der Waals surface area contributed by atoms with Crippen molar-refractivity contribution in [3.63, 3.8) is 0 Å². The Morgan fingerprint density at radius 1 is 1.03 bits per heavy atom. The van der Waals surface area contributed by atoms with Crippen molar-refractivity contribution in [2.75, 3.05) is 0 Å². The van der Waals surface area contributed by atoms with Gasteiger partial charge in [-0.05, 0) is 25.3 Å². The van der Waals surface area contributed by atoms with E-state index in [2.05, 4.69) is 13.2 Å². The first-order chi connectivity index (χ1) is 16.7. The molecule has 0 aromatic heterocycles. The lowest BCUT2D eigenvalue weighted by atomic mass is 9.53. The Kier molecular flexibility index (Phi) is 6.36. The van der Waals surface area contributed by atoms with Gasteiger partial charge in [0.1, 0.15) is 24.4 Å². The number of hydrogen-bond acceptors (Lipinski definition) is 10. The summed E-state index contributed by atoms with van der Waals surface area (Å²) in [6.07, 6.45) is -3.31. The maximum atomic E-state index is 12.9. The molecule has 1 aliphatic carbocycles. The Morgan fingerprint density at radius 3 is 2.19 bits per heavy atom. The second kappa shape index (κ2) is 8.69. The Labute approximate surface area is 209 Å². The van der Waals surface area contributed by atoms with E-state index in [1.54, 1.807) is 13.8 Å². The number of fused-ring (bicyclic) bond motifs is 2. The SMILES string of the molecule is C=C1CC[C@H](OC(C)=O)[C@@]2(C)[C@H]1[C@@H](OC(C)=O)[C@@]13O[C@](O)(C[C@H]2OC(C)=O)C(=C)C[C@@H]1OC(=O)[C@@H]3C. The summed E-state index contributed by atoms with van der Waals surface area (Å²) in [7, 11) is 0. The lowest BCUT2D eigenvalue weighted by Crippen LogP contribution is -2.73. The Hall–Kier alpha value is -2.72. The van der Waals surface area contributed by atoms with E-state index in [-0.39, 0.29) is 18.4 Å². The molecular weight excluding hydrogens is 472 g/mol.